The van der Waals surface area contributed by atoms with Crippen molar-refractivity contribution in [2.75, 3.05) is 0 Å². The zero-order chi connectivity index (χ0) is 13.2. The minimum Gasteiger partial charge on any atom is -0.388 e. The molecule has 19 heavy (non-hydrogen) atoms. The highest BCUT2D eigenvalue weighted by Gasteiger charge is 2.21. The van der Waals surface area contributed by atoms with Crippen LogP contribution in [0.5, 0.6) is 0 Å². The average molecular weight is 253 g/mol. The van der Waals surface area contributed by atoms with Crippen molar-refractivity contribution in [3.63, 3.8) is 0 Å². The Bertz CT molecular complexity index is 618. The number of rotatable bonds is 2. The molecule has 2 aromatic rings. The van der Waals surface area contributed by atoms with Crippen LogP contribution in [0, 0.1) is 12.8 Å². The summed E-state index contributed by atoms with van der Waals surface area (Å²) in [6.45, 7) is 2.00. The smallest absolute Gasteiger partial charge is 0.0821 e. The maximum absolute atomic E-state index is 10.5. The second-order valence-corrected chi connectivity index (χ2v) is 5.39. The summed E-state index contributed by atoms with van der Waals surface area (Å²) >= 11 is 0. The predicted molar refractivity (Wildman–Crippen MR) is 77.9 cm³/mol. The summed E-state index contributed by atoms with van der Waals surface area (Å²) < 4.78 is 0. The van der Waals surface area contributed by atoms with Crippen LogP contribution in [0.1, 0.15) is 36.6 Å². The van der Waals surface area contributed by atoms with E-state index in [9.17, 15) is 5.11 Å². The highest BCUT2D eigenvalue weighted by molar-refractivity contribution is 5.79. The van der Waals surface area contributed by atoms with Gasteiger partial charge in [-0.15, -0.1) is 0 Å². The fourth-order valence-electron chi connectivity index (χ4n) is 2.81. The van der Waals surface area contributed by atoms with Gasteiger partial charge in [-0.2, -0.15) is 0 Å². The number of pyridine rings is 1. The third-order valence-electron chi connectivity index (χ3n) is 3.95. The molecule has 1 aliphatic rings. The minimum atomic E-state index is -0.365. The topological polar surface area (TPSA) is 33.1 Å². The monoisotopic (exact) mass is 253 g/mol. The predicted octanol–water partition coefficient (Wildman–Crippen LogP) is 3.93. The Balaban J connectivity index is 1.92. The van der Waals surface area contributed by atoms with Crippen LogP contribution in [0.2, 0.25) is 0 Å². The lowest BCUT2D eigenvalue weighted by Gasteiger charge is -2.24. The lowest BCUT2D eigenvalue weighted by atomic mass is 9.86. The van der Waals surface area contributed by atoms with Gasteiger partial charge in [-0.3, -0.25) is 4.98 Å². The molecule has 0 saturated carbocycles. The molecule has 1 aromatic heterocycles. The van der Waals surface area contributed by atoms with Crippen molar-refractivity contribution < 1.29 is 5.11 Å². The Morgan fingerprint density at radius 2 is 2.11 bits per heavy atom. The van der Waals surface area contributed by atoms with Gasteiger partial charge in [0.2, 0.25) is 0 Å². The number of aliphatic hydroxyl groups is 1. The van der Waals surface area contributed by atoms with Gasteiger partial charge in [0.05, 0.1) is 11.6 Å². The Kier molecular flexibility index (Phi) is 3.34. The van der Waals surface area contributed by atoms with Crippen LogP contribution in [0.25, 0.3) is 10.9 Å². The maximum atomic E-state index is 10.5. The molecule has 0 radical (unpaired) electrons. The highest BCUT2D eigenvalue weighted by Crippen LogP contribution is 2.32. The molecule has 2 nitrogen and oxygen atoms in total. The Morgan fingerprint density at radius 3 is 2.89 bits per heavy atom. The quantitative estimate of drug-likeness (QED) is 0.822. The molecule has 0 aliphatic heterocycles. The summed E-state index contributed by atoms with van der Waals surface area (Å²) in [5.74, 6) is 0.348. The Hall–Kier alpha value is -1.67. The van der Waals surface area contributed by atoms with Gasteiger partial charge in [0, 0.05) is 11.1 Å². The molecule has 1 heterocycles. The second-order valence-electron chi connectivity index (χ2n) is 5.39. The molecule has 2 atom stereocenters. The van der Waals surface area contributed by atoms with E-state index in [1.165, 1.54) is 0 Å². The number of aryl methyl sites for hydroxylation is 1. The average Bonchev–Trinajstić information content (AvgIpc) is 2.47. The molecule has 1 N–H and O–H groups in total. The molecular formula is C17H19NO. The first-order valence-corrected chi connectivity index (χ1v) is 6.94. The number of benzene rings is 1. The number of fused-ring (bicyclic) bond motifs is 1. The zero-order valence-electron chi connectivity index (χ0n) is 11.2. The number of hydrogen-bond donors (Lipinski definition) is 1. The number of allylic oxidation sites excluding steroid dienone is 2. The third-order valence-corrected chi connectivity index (χ3v) is 3.95. The van der Waals surface area contributed by atoms with Crippen LogP contribution < -0.4 is 0 Å². The molecule has 1 aromatic carbocycles. The Morgan fingerprint density at radius 1 is 1.21 bits per heavy atom. The summed E-state index contributed by atoms with van der Waals surface area (Å²) in [6, 6.07) is 10.2. The van der Waals surface area contributed by atoms with E-state index in [4.69, 9.17) is 0 Å². The molecule has 0 bridgehead atoms. The normalized spacial score (nSPS) is 20.6. The zero-order valence-corrected chi connectivity index (χ0v) is 11.2. The molecule has 0 saturated heterocycles. The molecule has 0 fully saturated rings. The van der Waals surface area contributed by atoms with Gasteiger partial charge < -0.3 is 5.11 Å². The lowest BCUT2D eigenvalue weighted by molar-refractivity contribution is 0.103. The SMILES string of the molecule is Cc1ccc2cc(C(O)C3CC=CCC3)ccc2n1. The van der Waals surface area contributed by atoms with Gasteiger partial charge in [0.1, 0.15) is 0 Å². The van der Waals surface area contributed by atoms with E-state index in [2.05, 4.69) is 29.3 Å². The van der Waals surface area contributed by atoms with Crippen molar-refractivity contribution in [3.8, 4) is 0 Å². The van der Waals surface area contributed by atoms with Crippen LogP contribution in [0.3, 0.4) is 0 Å². The lowest BCUT2D eigenvalue weighted by Crippen LogP contribution is -2.13. The van der Waals surface area contributed by atoms with E-state index in [1.54, 1.807) is 0 Å². The van der Waals surface area contributed by atoms with Crippen molar-refractivity contribution in [3.05, 3.63) is 53.7 Å². The number of hydrogen-bond acceptors (Lipinski definition) is 2. The van der Waals surface area contributed by atoms with E-state index < -0.39 is 0 Å². The van der Waals surface area contributed by atoms with Crippen LogP contribution in [0.15, 0.2) is 42.5 Å². The summed E-state index contributed by atoms with van der Waals surface area (Å²) in [7, 11) is 0. The highest BCUT2D eigenvalue weighted by atomic mass is 16.3. The minimum absolute atomic E-state index is 0.348. The molecule has 2 heteroatoms. The van der Waals surface area contributed by atoms with Gasteiger partial charge >= 0.3 is 0 Å². The number of aliphatic hydroxyl groups excluding tert-OH is 1. The second kappa shape index (κ2) is 5.14. The van der Waals surface area contributed by atoms with Gasteiger partial charge in [-0.05, 0) is 55.9 Å². The van der Waals surface area contributed by atoms with Gasteiger partial charge in [-0.25, -0.2) is 0 Å². The van der Waals surface area contributed by atoms with Gasteiger partial charge in [0.25, 0.3) is 0 Å². The Labute approximate surface area is 113 Å². The van der Waals surface area contributed by atoms with Crippen LogP contribution >= 0.6 is 0 Å². The first-order chi connectivity index (χ1) is 9.24. The van der Waals surface area contributed by atoms with Gasteiger partial charge in [0.15, 0.2) is 0 Å². The summed E-state index contributed by atoms with van der Waals surface area (Å²) in [5, 5.41) is 11.6. The van der Waals surface area contributed by atoms with Crippen LogP contribution in [-0.4, -0.2) is 10.1 Å². The molecule has 98 valence electrons. The fourth-order valence-corrected chi connectivity index (χ4v) is 2.81. The molecule has 0 amide bonds. The summed E-state index contributed by atoms with van der Waals surface area (Å²) in [6.07, 6.45) is 7.15. The van der Waals surface area contributed by atoms with Gasteiger partial charge in [-0.1, -0.05) is 24.3 Å². The van der Waals surface area contributed by atoms with E-state index in [0.29, 0.717) is 5.92 Å². The maximum Gasteiger partial charge on any atom is 0.0821 e. The van der Waals surface area contributed by atoms with Crippen molar-refractivity contribution >= 4 is 10.9 Å². The van der Waals surface area contributed by atoms with Crippen molar-refractivity contribution in [2.24, 2.45) is 5.92 Å². The fraction of sp³-hybridized carbons (Fsp3) is 0.353. The van der Waals surface area contributed by atoms with Crippen LogP contribution in [-0.2, 0) is 0 Å². The molecular weight excluding hydrogens is 234 g/mol. The van der Waals surface area contributed by atoms with E-state index in [0.717, 1.165) is 41.4 Å². The first-order valence-electron chi connectivity index (χ1n) is 6.94. The van der Waals surface area contributed by atoms with Crippen molar-refractivity contribution in [1.29, 1.82) is 0 Å². The molecule has 1 aliphatic carbocycles. The largest absolute Gasteiger partial charge is 0.388 e. The standard InChI is InChI=1S/C17H19NO/c1-12-7-8-14-11-15(9-10-16(14)18-12)17(19)13-5-3-2-4-6-13/h2-3,7-11,13,17,19H,4-6H2,1H3. The molecule has 2 unspecified atom stereocenters. The third kappa shape index (κ3) is 2.54. The molecule has 3 rings (SSSR count). The van der Waals surface area contributed by atoms with Crippen molar-refractivity contribution in [2.45, 2.75) is 32.3 Å². The molecule has 0 spiro atoms. The van der Waals surface area contributed by atoms with E-state index >= 15 is 0 Å². The first kappa shape index (κ1) is 12.4. The van der Waals surface area contributed by atoms with Crippen LogP contribution in [0.4, 0.5) is 0 Å². The van der Waals surface area contributed by atoms with Crippen molar-refractivity contribution in [1.82, 2.24) is 4.98 Å². The van der Waals surface area contributed by atoms with E-state index in [-0.39, 0.29) is 6.10 Å². The summed E-state index contributed by atoms with van der Waals surface area (Å²) in [5.41, 5.74) is 3.04. The van der Waals surface area contributed by atoms with E-state index in [1.807, 2.05) is 25.1 Å². The number of aromatic nitrogens is 1. The summed E-state index contributed by atoms with van der Waals surface area (Å²) in [4.78, 5) is 4.50. The number of nitrogens with zero attached hydrogens (tertiary/aromatic N) is 1.